The largest absolute Gasteiger partial charge is 0.485 e. The molecule has 30 heavy (non-hydrogen) atoms. The zero-order valence-electron chi connectivity index (χ0n) is 16.8. The summed E-state index contributed by atoms with van der Waals surface area (Å²) in [7, 11) is 0. The molecule has 1 aliphatic heterocycles. The van der Waals surface area contributed by atoms with Gasteiger partial charge in [0.05, 0.1) is 6.20 Å². The van der Waals surface area contributed by atoms with E-state index in [-0.39, 0.29) is 35.6 Å². The number of piperidine rings is 1. The number of rotatable bonds is 4. The minimum atomic E-state index is -0.974. The second kappa shape index (κ2) is 8.62. The smallest absolute Gasteiger partial charge is 0.205 e. The molecule has 1 saturated heterocycles. The van der Waals surface area contributed by atoms with Gasteiger partial charge in [-0.25, -0.2) is 8.78 Å². The fourth-order valence-corrected chi connectivity index (χ4v) is 4.71. The molecule has 2 heterocycles. The molecule has 0 bridgehead atoms. The molecule has 5 unspecified atom stereocenters. The summed E-state index contributed by atoms with van der Waals surface area (Å²) in [6, 6.07) is 8.24. The number of aryl methyl sites for hydroxylation is 1. The number of nitriles is 1. The van der Waals surface area contributed by atoms with Crippen molar-refractivity contribution in [2.75, 3.05) is 13.1 Å². The van der Waals surface area contributed by atoms with E-state index in [0.29, 0.717) is 31.7 Å². The van der Waals surface area contributed by atoms with Crippen LogP contribution in [0, 0.1) is 24.1 Å². The van der Waals surface area contributed by atoms with Crippen molar-refractivity contribution in [3.8, 4) is 11.8 Å². The zero-order valence-corrected chi connectivity index (χ0v) is 16.8. The quantitative estimate of drug-likeness (QED) is 0.829. The van der Waals surface area contributed by atoms with Crippen molar-refractivity contribution in [3.05, 3.63) is 53.1 Å². The van der Waals surface area contributed by atoms with Gasteiger partial charge in [-0.3, -0.25) is 4.90 Å². The Balaban J connectivity index is 1.63. The maximum absolute atomic E-state index is 14.3. The molecule has 5 atom stereocenters. The summed E-state index contributed by atoms with van der Waals surface area (Å²) in [6.07, 6.45) is 2.10. The highest BCUT2D eigenvalue weighted by atomic mass is 19.1. The molecular formula is C22H25F2N5O. The molecule has 1 aliphatic carbocycles. The average Bonchev–Trinajstić information content (AvgIpc) is 3.13. The summed E-state index contributed by atoms with van der Waals surface area (Å²) < 4.78 is 34.0. The van der Waals surface area contributed by atoms with Crippen LogP contribution in [0.1, 0.15) is 42.0 Å². The average molecular weight is 413 g/mol. The maximum Gasteiger partial charge on any atom is 0.205 e. The van der Waals surface area contributed by atoms with Crippen molar-refractivity contribution in [1.29, 1.82) is 5.26 Å². The Labute approximate surface area is 174 Å². The Hall–Kier alpha value is -2.63. The van der Waals surface area contributed by atoms with E-state index < -0.39 is 6.17 Å². The molecule has 0 amide bonds. The summed E-state index contributed by atoms with van der Waals surface area (Å²) in [5.41, 5.74) is 7.97. The molecule has 158 valence electrons. The lowest BCUT2D eigenvalue weighted by Crippen LogP contribution is -2.54. The van der Waals surface area contributed by atoms with Crippen LogP contribution >= 0.6 is 0 Å². The van der Waals surface area contributed by atoms with E-state index in [1.54, 1.807) is 18.3 Å². The Morgan fingerprint density at radius 3 is 2.67 bits per heavy atom. The van der Waals surface area contributed by atoms with Gasteiger partial charge in [0, 0.05) is 30.7 Å². The first-order valence-corrected chi connectivity index (χ1v) is 10.2. The second-order valence-electron chi connectivity index (χ2n) is 8.31. The van der Waals surface area contributed by atoms with Gasteiger partial charge in [0.25, 0.3) is 0 Å². The molecule has 1 saturated carbocycles. The van der Waals surface area contributed by atoms with Crippen LogP contribution in [0.5, 0.6) is 5.75 Å². The molecule has 1 aromatic heterocycles. The van der Waals surface area contributed by atoms with E-state index in [0.717, 1.165) is 17.5 Å². The standard InChI is InChI=1S/C22H25F2N5O/c1-13-10-27-28-19(9-25)22(13)30-21-7-15(14-2-4-16(23)5-3-14)6-20(21)29-11-17(24)8-18(26)12-29/h2-5,10,15,17-18,20-21H,6-8,11-12,26H2,1H3. The number of benzene rings is 1. The molecule has 0 spiro atoms. The van der Waals surface area contributed by atoms with E-state index in [2.05, 4.69) is 15.1 Å². The van der Waals surface area contributed by atoms with Crippen molar-refractivity contribution in [2.45, 2.75) is 56.5 Å². The third-order valence-electron chi connectivity index (χ3n) is 6.10. The summed E-state index contributed by atoms with van der Waals surface area (Å²) in [6.45, 7) is 2.73. The predicted molar refractivity (Wildman–Crippen MR) is 107 cm³/mol. The van der Waals surface area contributed by atoms with Gasteiger partial charge >= 0.3 is 0 Å². The van der Waals surface area contributed by atoms with Gasteiger partial charge in [-0.05, 0) is 49.8 Å². The Morgan fingerprint density at radius 1 is 1.20 bits per heavy atom. The number of nitrogens with two attached hydrogens (primary N) is 1. The van der Waals surface area contributed by atoms with Gasteiger partial charge in [0.2, 0.25) is 5.69 Å². The van der Waals surface area contributed by atoms with Crippen LogP contribution in [0.4, 0.5) is 8.78 Å². The third-order valence-corrected chi connectivity index (χ3v) is 6.10. The highest BCUT2D eigenvalue weighted by molar-refractivity contribution is 5.41. The van der Waals surface area contributed by atoms with Crippen LogP contribution in [0.3, 0.4) is 0 Å². The second-order valence-corrected chi connectivity index (χ2v) is 8.31. The summed E-state index contributed by atoms with van der Waals surface area (Å²) in [5, 5.41) is 17.1. The van der Waals surface area contributed by atoms with Gasteiger partial charge in [-0.1, -0.05) is 12.1 Å². The van der Waals surface area contributed by atoms with Crippen LogP contribution in [-0.2, 0) is 0 Å². The summed E-state index contributed by atoms with van der Waals surface area (Å²) in [5.74, 6) is 0.276. The molecule has 4 rings (SSSR count). The SMILES string of the molecule is Cc1cnnc(C#N)c1OC1CC(c2ccc(F)cc2)CC1N1CC(N)CC(F)C1. The first-order chi connectivity index (χ1) is 14.4. The fourth-order valence-electron chi connectivity index (χ4n) is 4.71. The Morgan fingerprint density at radius 2 is 1.97 bits per heavy atom. The number of hydrogen-bond acceptors (Lipinski definition) is 6. The lowest BCUT2D eigenvalue weighted by atomic mass is 9.96. The van der Waals surface area contributed by atoms with Crippen molar-refractivity contribution in [2.24, 2.45) is 5.73 Å². The van der Waals surface area contributed by atoms with Crippen LogP contribution in [0.25, 0.3) is 0 Å². The van der Waals surface area contributed by atoms with E-state index in [1.807, 2.05) is 13.0 Å². The van der Waals surface area contributed by atoms with Crippen molar-refractivity contribution < 1.29 is 13.5 Å². The molecule has 0 radical (unpaired) electrons. The molecule has 2 fully saturated rings. The normalized spacial score (nSPS) is 29.5. The topological polar surface area (TPSA) is 88.1 Å². The zero-order chi connectivity index (χ0) is 21.3. The molecule has 6 nitrogen and oxygen atoms in total. The van der Waals surface area contributed by atoms with Gasteiger partial charge in [0.1, 0.15) is 24.2 Å². The number of nitrogens with zero attached hydrogens (tertiary/aromatic N) is 4. The van der Waals surface area contributed by atoms with Crippen LogP contribution in [-0.4, -0.2) is 52.5 Å². The number of hydrogen-bond donors (Lipinski definition) is 1. The number of aromatic nitrogens is 2. The van der Waals surface area contributed by atoms with Crippen LogP contribution in [0.2, 0.25) is 0 Å². The number of halogens is 2. The Kier molecular flexibility index (Phi) is 5.93. The fraction of sp³-hybridized carbons (Fsp3) is 0.500. The summed E-state index contributed by atoms with van der Waals surface area (Å²) >= 11 is 0. The maximum atomic E-state index is 14.3. The monoisotopic (exact) mass is 413 g/mol. The lowest BCUT2D eigenvalue weighted by Gasteiger charge is -2.39. The number of likely N-dealkylation sites (tertiary alicyclic amines) is 1. The first kappa shape index (κ1) is 20.6. The van der Waals surface area contributed by atoms with Gasteiger partial charge in [0.15, 0.2) is 5.75 Å². The van der Waals surface area contributed by atoms with E-state index >= 15 is 0 Å². The van der Waals surface area contributed by atoms with Gasteiger partial charge in [-0.15, -0.1) is 5.10 Å². The first-order valence-electron chi connectivity index (χ1n) is 10.2. The van der Waals surface area contributed by atoms with E-state index in [9.17, 15) is 14.0 Å². The molecule has 2 N–H and O–H groups in total. The lowest BCUT2D eigenvalue weighted by molar-refractivity contribution is 0.0379. The van der Waals surface area contributed by atoms with Gasteiger partial charge in [-0.2, -0.15) is 10.4 Å². The van der Waals surface area contributed by atoms with Crippen molar-refractivity contribution in [1.82, 2.24) is 15.1 Å². The van der Waals surface area contributed by atoms with E-state index in [4.69, 9.17) is 10.5 Å². The summed E-state index contributed by atoms with van der Waals surface area (Å²) in [4.78, 5) is 2.07. The van der Waals surface area contributed by atoms with E-state index in [1.165, 1.54) is 12.1 Å². The van der Waals surface area contributed by atoms with Crippen molar-refractivity contribution in [3.63, 3.8) is 0 Å². The number of alkyl halides is 1. The molecular weight excluding hydrogens is 388 g/mol. The van der Waals surface area contributed by atoms with Crippen LogP contribution in [0.15, 0.2) is 30.5 Å². The molecule has 2 aromatic rings. The van der Waals surface area contributed by atoms with Crippen molar-refractivity contribution >= 4 is 0 Å². The highest BCUT2D eigenvalue weighted by Crippen LogP contribution is 2.40. The highest BCUT2D eigenvalue weighted by Gasteiger charge is 2.43. The molecule has 8 heteroatoms. The number of ether oxygens (including phenoxy) is 1. The Bertz CT molecular complexity index is 922. The third kappa shape index (κ3) is 4.27. The van der Waals surface area contributed by atoms with Gasteiger partial charge < -0.3 is 10.5 Å². The predicted octanol–water partition coefficient (Wildman–Crippen LogP) is 2.86. The minimum absolute atomic E-state index is 0.0660. The van der Waals surface area contributed by atoms with Crippen LogP contribution < -0.4 is 10.5 Å². The molecule has 2 aliphatic rings. The molecule has 1 aromatic carbocycles. The minimum Gasteiger partial charge on any atom is -0.485 e.